The van der Waals surface area contributed by atoms with E-state index in [1.807, 2.05) is 0 Å². The normalized spacial score (nSPS) is 12.4. The first-order chi connectivity index (χ1) is 10.3. The van der Waals surface area contributed by atoms with Crippen molar-refractivity contribution in [3.63, 3.8) is 0 Å². The van der Waals surface area contributed by atoms with Gasteiger partial charge in [0.1, 0.15) is 0 Å². The van der Waals surface area contributed by atoms with Gasteiger partial charge in [-0.25, -0.2) is 21.9 Å². The van der Waals surface area contributed by atoms with E-state index in [0.29, 0.717) is 16.7 Å². The van der Waals surface area contributed by atoms with Crippen molar-refractivity contribution in [2.45, 2.75) is 11.3 Å². The quantitative estimate of drug-likeness (QED) is 0.646. The molecule has 3 aromatic rings. The monoisotopic (exact) mass is 384 g/mol. The maximum absolute atomic E-state index is 12.6. The summed E-state index contributed by atoms with van der Waals surface area (Å²) in [6.07, 6.45) is -1.39. The van der Waals surface area contributed by atoms with Gasteiger partial charge < -0.3 is 0 Å². The van der Waals surface area contributed by atoms with Crippen molar-refractivity contribution in [1.82, 2.24) is 20.0 Å². The average Bonchev–Trinajstić information content (AvgIpc) is 3.03. The van der Waals surface area contributed by atoms with E-state index in [9.17, 15) is 17.2 Å². The summed E-state index contributed by atoms with van der Waals surface area (Å²) in [5, 5.41) is 11.1. The van der Waals surface area contributed by atoms with Gasteiger partial charge in [0, 0.05) is 16.1 Å². The molecular formula is C10H4Cl2F2N4O2S2. The Hall–Kier alpha value is -1.36. The minimum atomic E-state index is -4.01. The zero-order valence-corrected chi connectivity index (χ0v) is 13.4. The average molecular weight is 385 g/mol. The highest BCUT2D eigenvalue weighted by Crippen LogP contribution is 2.32. The fraction of sp³-hybridized carbons (Fsp3) is 0.100. The number of alkyl halides is 2. The number of rotatable bonds is 3. The maximum atomic E-state index is 12.6. The van der Waals surface area contributed by atoms with Crippen LogP contribution in [0.25, 0.3) is 16.0 Å². The highest BCUT2D eigenvalue weighted by Gasteiger charge is 2.20. The maximum Gasteiger partial charge on any atom is 0.291 e. The molecule has 0 fully saturated rings. The van der Waals surface area contributed by atoms with Gasteiger partial charge >= 0.3 is 0 Å². The summed E-state index contributed by atoms with van der Waals surface area (Å²) < 4.78 is 49.2. The number of benzene rings is 1. The summed E-state index contributed by atoms with van der Waals surface area (Å²) in [5.41, 5.74) is 0.267. The van der Waals surface area contributed by atoms with Crippen molar-refractivity contribution >= 4 is 53.6 Å². The molecular weight excluding hydrogens is 381 g/mol. The summed E-state index contributed by atoms with van der Waals surface area (Å²) in [6, 6.07) is 2.42. The third-order valence-electron chi connectivity index (χ3n) is 2.69. The SMILES string of the molecule is O=S(=O)(Cl)c1cc(Cl)c2cnn(-c3nnc(C(F)F)s3)c2c1. The second-order valence-electron chi connectivity index (χ2n) is 4.06. The van der Waals surface area contributed by atoms with E-state index in [4.69, 9.17) is 22.3 Å². The van der Waals surface area contributed by atoms with Crippen LogP contribution in [0.2, 0.25) is 5.02 Å². The van der Waals surface area contributed by atoms with E-state index >= 15 is 0 Å². The predicted octanol–water partition coefficient (Wildman–Crippen LogP) is 3.40. The van der Waals surface area contributed by atoms with E-state index < -0.39 is 20.5 Å². The number of halogens is 4. The molecule has 0 saturated heterocycles. The second kappa shape index (κ2) is 5.37. The number of nitrogens with zero attached hydrogens (tertiary/aromatic N) is 4. The molecule has 0 radical (unpaired) electrons. The molecule has 0 aliphatic rings. The summed E-state index contributed by atoms with van der Waals surface area (Å²) in [4.78, 5) is -0.230. The van der Waals surface area contributed by atoms with Gasteiger partial charge in [0.15, 0.2) is 5.01 Å². The van der Waals surface area contributed by atoms with E-state index in [-0.39, 0.29) is 20.6 Å². The minimum absolute atomic E-state index is 0.0606. The van der Waals surface area contributed by atoms with Crippen LogP contribution < -0.4 is 0 Å². The van der Waals surface area contributed by atoms with Gasteiger partial charge in [0.05, 0.1) is 21.6 Å². The summed E-state index contributed by atoms with van der Waals surface area (Å²) in [7, 11) is 1.29. The number of aromatic nitrogens is 4. The third-order valence-corrected chi connectivity index (χ3v) is 5.24. The molecule has 0 spiro atoms. The first-order valence-electron chi connectivity index (χ1n) is 5.51. The number of hydrogen-bond acceptors (Lipinski definition) is 6. The van der Waals surface area contributed by atoms with E-state index in [1.165, 1.54) is 23.0 Å². The van der Waals surface area contributed by atoms with Crippen LogP contribution in [-0.2, 0) is 9.05 Å². The molecule has 116 valence electrons. The Kier molecular flexibility index (Phi) is 3.79. The molecule has 0 N–H and O–H groups in total. The molecule has 1 aromatic carbocycles. The molecule has 0 aliphatic carbocycles. The lowest BCUT2D eigenvalue weighted by atomic mass is 10.2. The fourth-order valence-electron chi connectivity index (χ4n) is 1.75. The second-order valence-corrected chi connectivity index (χ2v) is 8.02. The Morgan fingerprint density at radius 1 is 1.27 bits per heavy atom. The van der Waals surface area contributed by atoms with Gasteiger partial charge in [0.2, 0.25) is 5.13 Å². The summed E-state index contributed by atoms with van der Waals surface area (Å²) in [6.45, 7) is 0. The number of hydrogen-bond donors (Lipinski definition) is 0. The van der Waals surface area contributed by atoms with Crippen molar-refractivity contribution in [1.29, 1.82) is 0 Å². The molecule has 0 aliphatic heterocycles. The first-order valence-corrected chi connectivity index (χ1v) is 9.01. The number of fused-ring (bicyclic) bond motifs is 1. The fourth-order valence-corrected chi connectivity index (χ4v) is 3.53. The molecule has 6 nitrogen and oxygen atoms in total. The standard InChI is InChI=1S/C10H4Cl2F2N4O2S2/c11-6-1-4(22(12,19)20)2-7-5(6)3-15-18(7)10-17-16-9(21-10)8(13)14/h1-3,8H. The Labute approximate surface area is 135 Å². The van der Waals surface area contributed by atoms with Crippen LogP contribution in [0.1, 0.15) is 11.4 Å². The first kappa shape index (κ1) is 15.5. The Morgan fingerprint density at radius 3 is 2.59 bits per heavy atom. The van der Waals surface area contributed by atoms with Gasteiger partial charge in [-0.05, 0) is 12.1 Å². The lowest BCUT2D eigenvalue weighted by Gasteiger charge is -2.02. The third kappa shape index (κ3) is 2.67. The predicted molar refractivity (Wildman–Crippen MR) is 77.5 cm³/mol. The van der Waals surface area contributed by atoms with Gasteiger partial charge in [-0.15, -0.1) is 10.2 Å². The van der Waals surface area contributed by atoms with Crippen LogP contribution in [0, 0.1) is 0 Å². The summed E-state index contributed by atoms with van der Waals surface area (Å²) in [5.74, 6) is 0. The molecule has 3 rings (SSSR count). The molecule has 0 unspecified atom stereocenters. The van der Waals surface area contributed by atoms with Crippen LogP contribution in [0.5, 0.6) is 0 Å². The Bertz CT molecular complexity index is 971. The largest absolute Gasteiger partial charge is 0.291 e. The van der Waals surface area contributed by atoms with Crippen LogP contribution in [0.4, 0.5) is 8.78 Å². The Morgan fingerprint density at radius 2 is 2.00 bits per heavy atom. The van der Waals surface area contributed by atoms with Crippen molar-refractivity contribution in [3.8, 4) is 5.13 Å². The molecule has 2 heterocycles. The Balaban J connectivity index is 2.24. The van der Waals surface area contributed by atoms with Gasteiger partial charge in [-0.2, -0.15) is 5.10 Å². The molecule has 0 saturated carbocycles. The lowest BCUT2D eigenvalue weighted by molar-refractivity contribution is 0.150. The molecule has 0 bridgehead atoms. The van der Waals surface area contributed by atoms with Crippen molar-refractivity contribution < 1.29 is 17.2 Å². The van der Waals surface area contributed by atoms with Crippen molar-refractivity contribution in [3.05, 3.63) is 28.4 Å². The van der Waals surface area contributed by atoms with Crippen LogP contribution in [0.3, 0.4) is 0 Å². The van der Waals surface area contributed by atoms with Crippen LogP contribution in [0.15, 0.2) is 23.2 Å². The molecule has 0 amide bonds. The van der Waals surface area contributed by atoms with Crippen LogP contribution in [-0.4, -0.2) is 28.4 Å². The molecule has 2 aromatic heterocycles. The highest BCUT2D eigenvalue weighted by atomic mass is 35.7. The molecule has 0 atom stereocenters. The topological polar surface area (TPSA) is 77.7 Å². The van der Waals surface area contributed by atoms with E-state index in [2.05, 4.69) is 15.3 Å². The zero-order valence-electron chi connectivity index (χ0n) is 10.2. The van der Waals surface area contributed by atoms with E-state index in [0.717, 1.165) is 0 Å². The van der Waals surface area contributed by atoms with Crippen LogP contribution >= 0.6 is 33.6 Å². The molecule has 12 heteroatoms. The van der Waals surface area contributed by atoms with Gasteiger partial charge in [0.25, 0.3) is 15.5 Å². The van der Waals surface area contributed by atoms with Gasteiger partial charge in [-0.1, -0.05) is 22.9 Å². The van der Waals surface area contributed by atoms with Crippen molar-refractivity contribution in [2.75, 3.05) is 0 Å². The minimum Gasteiger partial charge on any atom is -0.207 e. The van der Waals surface area contributed by atoms with Crippen molar-refractivity contribution in [2.24, 2.45) is 0 Å². The smallest absolute Gasteiger partial charge is 0.207 e. The molecule has 22 heavy (non-hydrogen) atoms. The van der Waals surface area contributed by atoms with Gasteiger partial charge in [-0.3, -0.25) is 0 Å². The summed E-state index contributed by atoms with van der Waals surface area (Å²) >= 11 is 6.63. The zero-order chi connectivity index (χ0) is 16.1. The highest BCUT2D eigenvalue weighted by molar-refractivity contribution is 8.13. The van der Waals surface area contributed by atoms with E-state index in [1.54, 1.807) is 0 Å². The lowest BCUT2D eigenvalue weighted by Crippen LogP contribution is -1.97.